The molecule has 0 amide bonds. The summed E-state index contributed by atoms with van der Waals surface area (Å²) in [6, 6.07) is 12.3. The number of halogens is 2. The molecule has 3 heteroatoms. The molecular formula is C18H19F2N. The average Bonchev–Trinajstić information content (AvgIpc) is 2.91. The lowest BCUT2D eigenvalue weighted by Gasteiger charge is -2.23. The molecule has 2 aromatic carbocycles. The van der Waals surface area contributed by atoms with E-state index in [4.69, 9.17) is 0 Å². The van der Waals surface area contributed by atoms with E-state index in [9.17, 15) is 8.78 Å². The van der Waals surface area contributed by atoms with Crippen LogP contribution in [0.4, 0.5) is 8.78 Å². The van der Waals surface area contributed by atoms with Crippen LogP contribution in [0.25, 0.3) is 0 Å². The highest BCUT2D eigenvalue weighted by molar-refractivity contribution is 5.33. The van der Waals surface area contributed by atoms with Crippen molar-refractivity contribution in [3.8, 4) is 0 Å². The fourth-order valence-electron chi connectivity index (χ4n) is 3.32. The maximum absolute atomic E-state index is 13.8. The molecule has 0 spiro atoms. The number of hydrogen-bond donors (Lipinski definition) is 1. The summed E-state index contributed by atoms with van der Waals surface area (Å²) in [5.41, 5.74) is 3.20. The van der Waals surface area contributed by atoms with Crippen molar-refractivity contribution >= 4 is 0 Å². The van der Waals surface area contributed by atoms with Gasteiger partial charge in [0, 0.05) is 6.04 Å². The van der Waals surface area contributed by atoms with Gasteiger partial charge in [-0.25, -0.2) is 8.78 Å². The van der Waals surface area contributed by atoms with Crippen LogP contribution in [0, 0.1) is 17.6 Å². The minimum absolute atomic E-state index is 0.147. The predicted octanol–water partition coefficient (Wildman–Crippen LogP) is 3.51. The maximum Gasteiger partial charge on any atom is 0.126 e. The topological polar surface area (TPSA) is 12.0 Å². The molecule has 1 aliphatic carbocycles. The third kappa shape index (κ3) is 2.98. The van der Waals surface area contributed by atoms with Gasteiger partial charge in [-0.05, 0) is 67.1 Å². The van der Waals surface area contributed by atoms with Crippen LogP contribution in [-0.2, 0) is 19.3 Å². The van der Waals surface area contributed by atoms with E-state index in [1.807, 2.05) is 7.05 Å². The minimum Gasteiger partial charge on any atom is -0.316 e. The standard InChI is InChI=1S/C18H19F2N/c1-21-18(11-14-10-16(19)6-7-17(14)20)15-8-12-4-2-3-5-13(12)9-15/h2-7,10,15,18,21H,8-9,11H2,1H3. The first-order valence-electron chi connectivity index (χ1n) is 7.35. The molecule has 1 nitrogen and oxygen atoms in total. The van der Waals surface area contributed by atoms with Gasteiger partial charge in [0.05, 0.1) is 0 Å². The number of likely N-dealkylation sites (N-methyl/N-ethyl adjacent to an activating group) is 1. The Morgan fingerprint density at radius 3 is 2.38 bits per heavy atom. The van der Waals surface area contributed by atoms with Crippen molar-refractivity contribution in [2.75, 3.05) is 7.05 Å². The average molecular weight is 287 g/mol. The molecule has 0 fully saturated rings. The Morgan fingerprint density at radius 2 is 1.76 bits per heavy atom. The van der Waals surface area contributed by atoms with Crippen molar-refractivity contribution in [2.45, 2.75) is 25.3 Å². The lowest BCUT2D eigenvalue weighted by molar-refractivity contribution is 0.378. The van der Waals surface area contributed by atoms with Crippen molar-refractivity contribution < 1.29 is 8.78 Å². The van der Waals surface area contributed by atoms with Crippen molar-refractivity contribution in [3.63, 3.8) is 0 Å². The maximum atomic E-state index is 13.8. The molecule has 1 aliphatic rings. The van der Waals surface area contributed by atoms with E-state index >= 15 is 0 Å². The fraction of sp³-hybridized carbons (Fsp3) is 0.333. The van der Waals surface area contributed by atoms with Crippen molar-refractivity contribution in [1.82, 2.24) is 5.32 Å². The van der Waals surface area contributed by atoms with Crippen LogP contribution in [0.2, 0.25) is 0 Å². The molecule has 2 aromatic rings. The summed E-state index contributed by atoms with van der Waals surface area (Å²) in [7, 11) is 1.89. The summed E-state index contributed by atoms with van der Waals surface area (Å²) in [4.78, 5) is 0. The first-order chi connectivity index (χ1) is 10.2. The molecule has 110 valence electrons. The molecule has 1 unspecified atom stereocenters. The van der Waals surface area contributed by atoms with E-state index in [1.54, 1.807) is 0 Å². The molecule has 0 heterocycles. The number of fused-ring (bicyclic) bond motifs is 1. The number of rotatable bonds is 4. The molecule has 3 rings (SSSR count). The molecular weight excluding hydrogens is 268 g/mol. The van der Waals surface area contributed by atoms with Gasteiger partial charge in [-0.1, -0.05) is 24.3 Å². The van der Waals surface area contributed by atoms with Crippen molar-refractivity contribution in [2.24, 2.45) is 5.92 Å². The molecule has 1 atom stereocenters. The number of nitrogens with one attached hydrogen (secondary N) is 1. The minimum atomic E-state index is -0.379. The molecule has 21 heavy (non-hydrogen) atoms. The van der Waals surface area contributed by atoms with Crippen LogP contribution in [0.5, 0.6) is 0 Å². The van der Waals surface area contributed by atoms with Crippen molar-refractivity contribution in [3.05, 3.63) is 70.8 Å². The Balaban J connectivity index is 1.76. The second-order valence-electron chi connectivity index (χ2n) is 5.77. The monoisotopic (exact) mass is 287 g/mol. The van der Waals surface area contributed by atoms with Gasteiger partial charge in [0.25, 0.3) is 0 Å². The Kier molecular flexibility index (Phi) is 4.02. The van der Waals surface area contributed by atoms with E-state index in [0.29, 0.717) is 17.9 Å². The first kappa shape index (κ1) is 14.2. The number of benzene rings is 2. The summed E-state index contributed by atoms with van der Waals surface area (Å²) < 4.78 is 27.1. The third-order valence-electron chi connectivity index (χ3n) is 4.47. The van der Waals surface area contributed by atoms with Gasteiger partial charge in [0.1, 0.15) is 11.6 Å². The molecule has 0 saturated carbocycles. The fourth-order valence-corrected chi connectivity index (χ4v) is 3.32. The van der Waals surface area contributed by atoms with Crippen LogP contribution in [0.3, 0.4) is 0 Å². The highest BCUT2D eigenvalue weighted by Gasteiger charge is 2.28. The summed E-state index contributed by atoms with van der Waals surface area (Å²) in [5.74, 6) is -0.279. The zero-order chi connectivity index (χ0) is 14.8. The van der Waals surface area contributed by atoms with Gasteiger partial charge < -0.3 is 5.32 Å². The molecule has 0 aromatic heterocycles. The Labute approximate surface area is 124 Å². The Hall–Kier alpha value is -1.74. The quantitative estimate of drug-likeness (QED) is 0.907. The van der Waals surface area contributed by atoms with Gasteiger partial charge in [-0.15, -0.1) is 0 Å². The van der Waals surface area contributed by atoms with Crippen LogP contribution in [-0.4, -0.2) is 13.1 Å². The molecule has 0 radical (unpaired) electrons. The summed E-state index contributed by atoms with van der Waals surface area (Å²) in [5, 5.41) is 3.28. The largest absolute Gasteiger partial charge is 0.316 e. The lowest BCUT2D eigenvalue weighted by atomic mass is 9.91. The van der Waals surface area contributed by atoms with Gasteiger partial charge in [0.2, 0.25) is 0 Å². The molecule has 0 bridgehead atoms. The molecule has 0 saturated heterocycles. The third-order valence-corrected chi connectivity index (χ3v) is 4.47. The summed E-state index contributed by atoms with van der Waals surface area (Å²) in [6.07, 6.45) is 2.51. The summed E-state index contributed by atoms with van der Waals surface area (Å²) >= 11 is 0. The van der Waals surface area contributed by atoms with E-state index in [1.165, 1.54) is 29.3 Å². The molecule has 1 N–H and O–H groups in total. The van der Waals surface area contributed by atoms with E-state index in [-0.39, 0.29) is 17.7 Å². The van der Waals surface area contributed by atoms with Crippen LogP contribution < -0.4 is 5.32 Å². The SMILES string of the molecule is CNC(Cc1cc(F)ccc1F)C1Cc2ccccc2C1. The van der Waals surface area contributed by atoms with Crippen LogP contribution >= 0.6 is 0 Å². The highest BCUT2D eigenvalue weighted by atomic mass is 19.1. The van der Waals surface area contributed by atoms with Crippen LogP contribution in [0.1, 0.15) is 16.7 Å². The zero-order valence-electron chi connectivity index (χ0n) is 12.1. The van der Waals surface area contributed by atoms with Gasteiger partial charge >= 0.3 is 0 Å². The smallest absolute Gasteiger partial charge is 0.126 e. The predicted molar refractivity (Wildman–Crippen MR) is 80.2 cm³/mol. The second-order valence-corrected chi connectivity index (χ2v) is 5.77. The Morgan fingerprint density at radius 1 is 1.10 bits per heavy atom. The Bertz CT molecular complexity index is 614. The van der Waals surface area contributed by atoms with Crippen LogP contribution in [0.15, 0.2) is 42.5 Å². The number of hydrogen-bond acceptors (Lipinski definition) is 1. The zero-order valence-corrected chi connectivity index (χ0v) is 12.1. The highest BCUT2D eigenvalue weighted by Crippen LogP contribution is 2.30. The first-order valence-corrected chi connectivity index (χ1v) is 7.35. The van der Waals surface area contributed by atoms with Crippen molar-refractivity contribution in [1.29, 1.82) is 0 Å². The van der Waals surface area contributed by atoms with E-state index in [2.05, 4.69) is 29.6 Å². The lowest BCUT2D eigenvalue weighted by Crippen LogP contribution is -2.36. The van der Waals surface area contributed by atoms with Gasteiger partial charge in [-0.2, -0.15) is 0 Å². The summed E-state index contributed by atoms with van der Waals surface area (Å²) in [6.45, 7) is 0. The van der Waals surface area contributed by atoms with Gasteiger partial charge in [-0.3, -0.25) is 0 Å². The van der Waals surface area contributed by atoms with E-state index in [0.717, 1.165) is 12.8 Å². The molecule has 0 aliphatic heterocycles. The van der Waals surface area contributed by atoms with Gasteiger partial charge in [0.15, 0.2) is 0 Å². The van der Waals surface area contributed by atoms with E-state index < -0.39 is 0 Å². The normalized spacial score (nSPS) is 16.0. The second kappa shape index (κ2) is 5.94.